The van der Waals surface area contributed by atoms with Gasteiger partial charge in [0.25, 0.3) is 0 Å². The topological polar surface area (TPSA) is 35.0 Å². The number of ether oxygens (including phenoxy) is 1. The molecule has 0 aliphatic rings. The van der Waals surface area contributed by atoms with Crippen LogP contribution in [0.3, 0.4) is 0 Å². The maximum absolute atomic E-state index is 5.22. The van der Waals surface area contributed by atoms with Crippen molar-refractivity contribution in [1.29, 1.82) is 0 Å². The molecule has 1 heterocycles. The summed E-state index contributed by atoms with van der Waals surface area (Å²) in [6, 6.07) is 6.02. The molecule has 0 saturated heterocycles. The van der Waals surface area contributed by atoms with E-state index in [9.17, 15) is 0 Å². The molecular weight excluding hydrogens is 224 g/mol. The molecule has 1 aromatic heterocycles. The van der Waals surface area contributed by atoms with Crippen LogP contribution in [0.5, 0.6) is 5.75 Å². The smallest absolute Gasteiger partial charge is 0.119 e. The molecule has 0 amide bonds. The Kier molecular flexibility index (Phi) is 3.32. The Morgan fingerprint density at radius 1 is 0.889 bits per heavy atom. The van der Waals surface area contributed by atoms with Crippen LogP contribution in [-0.4, -0.2) is 17.1 Å². The Balaban J connectivity index is 2.58. The van der Waals surface area contributed by atoms with Crippen LogP contribution in [0, 0.1) is 27.7 Å². The average Bonchev–Trinajstić information content (AvgIpc) is 2.34. The summed E-state index contributed by atoms with van der Waals surface area (Å²) in [5.74, 6) is 0.866. The molecule has 2 aromatic rings. The maximum atomic E-state index is 5.22. The zero-order valence-electron chi connectivity index (χ0n) is 11.5. The van der Waals surface area contributed by atoms with E-state index in [2.05, 4.69) is 16.9 Å². The minimum Gasteiger partial charge on any atom is -0.497 e. The van der Waals surface area contributed by atoms with Gasteiger partial charge in [-0.05, 0) is 51.5 Å². The first kappa shape index (κ1) is 12.6. The Hall–Kier alpha value is -1.90. The van der Waals surface area contributed by atoms with Crippen LogP contribution in [-0.2, 0) is 0 Å². The highest BCUT2D eigenvalue weighted by Crippen LogP contribution is 2.27. The summed E-state index contributed by atoms with van der Waals surface area (Å²) >= 11 is 0. The summed E-state index contributed by atoms with van der Waals surface area (Å²) < 4.78 is 5.22. The standard InChI is InChI=1S/C15H18N2O/c1-9-8-13(18-5)6-7-14(9)15-12(4)16-10(2)11(3)17-15/h6-8H,1-5H3. The normalized spacial score (nSPS) is 10.5. The van der Waals surface area contributed by atoms with Gasteiger partial charge in [-0.1, -0.05) is 0 Å². The fourth-order valence-corrected chi connectivity index (χ4v) is 2.00. The van der Waals surface area contributed by atoms with E-state index in [1.54, 1.807) is 7.11 Å². The van der Waals surface area contributed by atoms with Crippen LogP contribution >= 0.6 is 0 Å². The van der Waals surface area contributed by atoms with Crippen LogP contribution in [0.4, 0.5) is 0 Å². The van der Waals surface area contributed by atoms with E-state index < -0.39 is 0 Å². The van der Waals surface area contributed by atoms with Gasteiger partial charge in [-0.25, -0.2) is 4.98 Å². The fraction of sp³-hybridized carbons (Fsp3) is 0.333. The zero-order valence-corrected chi connectivity index (χ0v) is 11.5. The largest absolute Gasteiger partial charge is 0.497 e. The van der Waals surface area contributed by atoms with E-state index >= 15 is 0 Å². The molecule has 0 N–H and O–H groups in total. The van der Waals surface area contributed by atoms with Crippen molar-refractivity contribution in [3.63, 3.8) is 0 Å². The van der Waals surface area contributed by atoms with Gasteiger partial charge in [0, 0.05) is 5.56 Å². The summed E-state index contributed by atoms with van der Waals surface area (Å²) in [7, 11) is 1.68. The highest BCUT2D eigenvalue weighted by atomic mass is 16.5. The summed E-state index contributed by atoms with van der Waals surface area (Å²) in [5.41, 5.74) is 6.15. The molecule has 0 aliphatic carbocycles. The van der Waals surface area contributed by atoms with E-state index in [1.165, 1.54) is 0 Å². The van der Waals surface area contributed by atoms with Gasteiger partial charge in [0.15, 0.2) is 0 Å². The predicted molar refractivity (Wildman–Crippen MR) is 73.0 cm³/mol. The van der Waals surface area contributed by atoms with Crippen LogP contribution in [0.2, 0.25) is 0 Å². The quantitative estimate of drug-likeness (QED) is 0.809. The molecule has 0 unspecified atom stereocenters. The van der Waals surface area contributed by atoms with Gasteiger partial charge >= 0.3 is 0 Å². The lowest BCUT2D eigenvalue weighted by molar-refractivity contribution is 0.414. The number of benzene rings is 1. The molecule has 0 aliphatic heterocycles. The van der Waals surface area contributed by atoms with Gasteiger partial charge in [0.05, 0.1) is 29.9 Å². The maximum Gasteiger partial charge on any atom is 0.119 e. The predicted octanol–water partition coefficient (Wildman–Crippen LogP) is 3.39. The van der Waals surface area contributed by atoms with Crippen LogP contribution in [0.1, 0.15) is 22.6 Å². The van der Waals surface area contributed by atoms with Gasteiger partial charge in [-0.15, -0.1) is 0 Å². The number of hydrogen-bond donors (Lipinski definition) is 0. The molecule has 3 heteroatoms. The molecule has 94 valence electrons. The molecule has 0 radical (unpaired) electrons. The SMILES string of the molecule is COc1ccc(-c2nc(C)c(C)nc2C)c(C)c1. The molecule has 0 spiro atoms. The number of hydrogen-bond acceptors (Lipinski definition) is 3. The van der Waals surface area contributed by atoms with Crippen LogP contribution in [0.25, 0.3) is 11.3 Å². The lowest BCUT2D eigenvalue weighted by Gasteiger charge is -2.11. The van der Waals surface area contributed by atoms with Gasteiger partial charge in [-0.3, -0.25) is 4.98 Å². The van der Waals surface area contributed by atoms with Gasteiger partial charge < -0.3 is 4.74 Å². The second-order valence-corrected chi connectivity index (χ2v) is 4.51. The summed E-state index contributed by atoms with van der Waals surface area (Å²) in [6.45, 7) is 8.04. The van der Waals surface area contributed by atoms with Crippen LogP contribution in [0.15, 0.2) is 18.2 Å². The lowest BCUT2D eigenvalue weighted by atomic mass is 10.0. The van der Waals surface area contributed by atoms with E-state index in [0.29, 0.717) is 0 Å². The van der Waals surface area contributed by atoms with Crippen LogP contribution < -0.4 is 4.74 Å². The highest BCUT2D eigenvalue weighted by Gasteiger charge is 2.10. The van der Waals surface area contributed by atoms with E-state index in [0.717, 1.165) is 39.7 Å². The average molecular weight is 242 g/mol. The van der Waals surface area contributed by atoms with Crippen molar-refractivity contribution in [3.8, 4) is 17.0 Å². The molecular formula is C15H18N2O. The molecule has 0 saturated carbocycles. The molecule has 0 bridgehead atoms. The monoisotopic (exact) mass is 242 g/mol. The number of rotatable bonds is 2. The number of nitrogens with zero attached hydrogens (tertiary/aromatic N) is 2. The minimum atomic E-state index is 0.866. The molecule has 18 heavy (non-hydrogen) atoms. The summed E-state index contributed by atoms with van der Waals surface area (Å²) in [4.78, 5) is 9.19. The van der Waals surface area contributed by atoms with Gasteiger partial charge in [0.2, 0.25) is 0 Å². The Bertz CT molecular complexity index is 591. The molecule has 0 fully saturated rings. The van der Waals surface area contributed by atoms with Crippen molar-refractivity contribution in [3.05, 3.63) is 40.8 Å². The zero-order chi connectivity index (χ0) is 13.3. The van der Waals surface area contributed by atoms with E-state index in [1.807, 2.05) is 39.0 Å². The summed E-state index contributed by atoms with van der Waals surface area (Å²) in [6.07, 6.45) is 0. The van der Waals surface area contributed by atoms with Crippen molar-refractivity contribution in [2.24, 2.45) is 0 Å². The Morgan fingerprint density at radius 3 is 2.17 bits per heavy atom. The van der Waals surface area contributed by atoms with Gasteiger partial charge in [-0.2, -0.15) is 0 Å². The first-order valence-corrected chi connectivity index (χ1v) is 5.99. The Labute approximate surface area is 108 Å². The third-order valence-corrected chi connectivity index (χ3v) is 3.17. The first-order chi connectivity index (χ1) is 8.52. The van der Waals surface area contributed by atoms with E-state index in [4.69, 9.17) is 4.74 Å². The van der Waals surface area contributed by atoms with Crippen molar-refractivity contribution >= 4 is 0 Å². The van der Waals surface area contributed by atoms with Crippen molar-refractivity contribution < 1.29 is 4.74 Å². The summed E-state index contributed by atoms with van der Waals surface area (Å²) in [5, 5.41) is 0. The van der Waals surface area contributed by atoms with Gasteiger partial charge in [0.1, 0.15) is 5.75 Å². The number of methoxy groups -OCH3 is 1. The molecule has 0 atom stereocenters. The van der Waals surface area contributed by atoms with Crippen molar-refractivity contribution in [2.45, 2.75) is 27.7 Å². The second kappa shape index (κ2) is 4.77. The van der Waals surface area contributed by atoms with Crippen molar-refractivity contribution in [2.75, 3.05) is 7.11 Å². The lowest BCUT2D eigenvalue weighted by Crippen LogP contribution is -2.00. The first-order valence-electron chi connectivity index (χ1n) is 5.99. The minimum absolute atomic E-state index is 0.866. The fourth-order valence-electron chi connectivity index (χ4n) is 2.00. The molecule has 1 aromatic carbocycles. The van der Waals surface area contributed by atoms with Crippen molar-refractivity contribution in [1.82, 2.24) is 9.97 Å². The number of aromatic nitrogens is 2. The second-order valence-electron chi connectivity index (χ2n) is 4.51. The molecule has 3 nitrogen and oxygen atoms in total. The number of aryl methyl sites for hydroxylation is 4. The third kappa shape index (κ3) is 2.21. The third-order valence-electron chi connectivity index (χ3n) is 3.17. The molecule has 2 rings (SSSR count). The highest BCUT2D eigenvalue weighted by molar-refractivity contribution is 5.66. The Morgan fingerprint density at radius 2 is 1.56 bits per heavy atom. The van der Waals surface area contributed by atoms with E-state index in [-0.39, 0.29) is 0 Å².